The van der Waals surface area contributed by atoms with Crippen LogP contribution in [0.1, 0.15) is 16.1 Å². The van der Waals surface area contributed by atoms with E-state index in [-0.39, 0.29) is 23.2 Å². The van der Waals surface area contributed by atoms with Crippen molar-refractivity contribution in [1.29, 1.82) is 0 Å². The third-order valence-corrected chi connectivity index (χ3v) is 4.20. The highest BCUT2D eigenvalue weighted by Gasteiger charge is 2.46. The topological polar surface area (TPSA) is 89.6 Å². The zero-order valence-electron chi connectivity index (χ0n) is 14.1. The maximum absolute atomic E-state index is 14.4. The van der Waals surface area contributed by atoms with Crippen molar-refractivity contribution < 1.29 is 27.1 Å². The van der Waals surface area contributed by atoms with Crippen LogP contribution in [0.25, 0.3) is 0 Å². The Morgan fingerprint density at radius 1 is 1.29 bits per heavy atom. The van der Waals surface area contributed by atoms with Gasteiger partial charge in [-0.05, 0) is 24.3 Å². The lowest BCUT2D eigenvalue weighted by Crippen LogP contribution is -2.45. The molecular weight excluding hydrogens is 404 g/mol. The van der Waals surface area contributed by atoms with Crippen molar-refractivity contribution in [2.24, 2.45) is 10.7 Å². The number of pyridine rings is 1. The summed E-state index contributed by atoms with van der Waals surface area (Å²) in [4.78, 5) is 19.5. The lowest BCUT2D eigenvalue weighted by Gasteiger charge is -2.33. The smallest absolute Gasteiger partial charge is 0.277 e. The number of hydrogen-bond donors (Lipinski definition) is 2. The molecule has 1 aliphatic heterocycles. The van der Waals surface area contributed by atoms with Gasteiger partial charge in [-0.3, -0.25) is 9.79 Å². The van der Waals surface area contributed by atoms with E-state index in [9.17, 15) is 22.4 Å². The number of anilines is 1. The van der Waals surface area contributed by atoms with Gasteiger partial charge in [0, 0.05) is 17.4 Å². The Hall–Kier alpha value is -2.72. The van der Waals surface area contributed by atoms with Crippen LogP contribution in [-0.2, 0) is 10.3 Å². The van der Waals surface area contributed by atoms with E-state index in [2.05, 4.69) is 15.3 Å². The van der Waals surface area contributed by atoms with Gasteiger partial charge in [-0.25, -0.2) is 22.5 Å². The van der Waals surface area contributed by atoms with Crippen LogP contribution in [0.4, 0.5) is 23.2 Å². The largest absolute Gasteiger partial charge is 0.385 e. The van der Waals surface area contributed by atoms with E-state index in [1.807, 2.05) is 0 Å². The minimum absolute atomic E-state index is 0.00950. The number of rotatable bonds is 4. The summed E-state index contributed by atoms with van der Waals surface area (Å²) in [5.41, 5.74) is 1.97. The van der Waals surface area contributed by atoms with Crippen molar-refractivity contribution in [3.8, 4) is 0 Å². The molecule has 11 heteroatoms. The van der Waals surface area contributed by atoms with Gasteiger partial charge in [-0.1, -0.05) is 11.6 Å². The molecule has 1 aliphatic rings. The van der Waals surface area contributed by atoms with Crippen LogP contribution >= 0.6 is 11.6 Å². The lowest BCUT2D eigenvalue weighted by molar-refractivity contribution is -0.0145. The molecule has 1 aromatic carbocycles. The van der Waals surface area contributed by atoms with Crippen molar-refractivity contribution >= 4 is 29.0 Å². The minimum atomic E-state index is -3.14. The number of nitrogens with one attached hydrogen (secondary N) is 1. The molecule has 1 unspecified atom stereocenters. The fraction of sp³-hybridized carbons (Fsp3) is 0.235. The number of nitrogens with zero attached hydrogens (tertiary/aromatic N) is 2. The van der Waals surface area contributed by atoms with E-state index in [1.54, 1.807) is 0 Å². The van der Waals surface area contributed by atoms with Gasteiger partial charge in [0.05, 0.1) is 11.6 Å². The lowest BCUT2D eigenvalue weighted by atomic mass is 9.90. The van der Waals surface area contributed by atoms with Crippen LogP contribution in [-0.4, -0.2) is 36.4 Å². The van der Waals surface area contributed by atoms with E-state index >= 15 is 0 Å². The van der Waals surface area contributed by atoms with E-state index < -0.39 is 47.4 Å². The summed E-state index contributed by atoms with van der Waals surface area (Å²) in [5, 5.41) is 2.27. The summed E-state index contributed by atoms with van der Waals surface area (Å²) < 4.78 is 60.8. The molecule has 0 saturated heterocycles. The van der Waals surface area contributed by atoms with Gasteiger partial charge in [-0.15, -0.1) is 0 Å². The van der Waals surface area contributed by atoms with Crippen molar-refractivity contribution in [2.45, 2.75) is 12.0 Å². The Labute approximate surface area is 161 Å². The summed E-state index contributed by atoms with van der Waals surface area (Å²) in [7, 11) is 0. The molecule has 0 bridgehead atoms. The van der Waals surface area contributed by atoms with Crippen LogP contribution in [0.3, 0.4) is 0 Å². The number of halogens is 5. The average molecular weight is 417 g/mol. The molecule has 2 heterocycles. The SMILES string of the molecule is NC1=NC(c2cc(NC(=O)c3ncc(Cl)cc3F)ccc2F)(C(F)F)COC1. The number of hydrogen-bond acceptors (Lipinski definition) is 5. The molecule has 3 N–H and O–H groups in total. The van der Waals surface area contributed by atoms with Gasteiger partial charge in [-0.2, -0.15) is 0 Å². The molecule has 2 aromatic rings. The third kappa shape index (κ3) is 3.78. The first-order valence-electron chi connectivity index (χ1n) is 7.85. The number of nitrogens with two attached hydrogens (primary N) is 1. The Morgan fingerprint density at radius 3 is 2.68 bits per heavy atom. The zero-order valence-corrected chi connectivity index (χ0v) is 14.8. The number of carbonyl (C=O) groups is 1. The third-order valence-electron chi connectivity index (χ3n) is 3.99. The highest BCUT2D eigenvalue weighted by Crippen LogP contribution is 2.38. The van der Waals surface area contributed by atoms with Gasteiger partial charge >= 0.3 is 0 Å². The first-order chi connectivity index (χ1) is 13.2. The first-order valence-corrected chi connectivity index (χ1v) is 8.23. The molecule has 0 radical (unpaired) electrons. The maximum Gasteiger partial charge on any atom is 0.277 e. The molecule has 0 aliphatic carbocycles. The standard InChI is InChI=1S/C17H13ClF4N4O2/c18-8-3-12(20)14(24-5-8)15(27)25-9-1-2-11(19)10(4-9)17(16(21)22)7-28-6-13(23)26-17/h1-5,16H,6-7H2,(H2,23,26)(H,25,27). The Kier molecular flexibility index (Phi) is 5.52. The number of carbonyl (C=O) groups excluding carboxylic acids is 1. The van der Waals surface area contributed by atoms with Crippen molar-refractivity contribution in [2.75, 3.05) is 18.5 Å². The molecule has 1 atom stereocenters. The summed E-state index contributed by atoms with van der Waals surface area (Å²) in [5.74, 6) is -3.15. The average Bonchev–Trinajstić information content (AvgIpc) is 2.62. The number of benzene rings is 1. The summed E-state index contributed by atoms with van der Waals surface area (Å²) >= 11 is 5.58. The fourth-order valence-electron chi connectivity index (χ4n) is 2.71. The monoisotopic (exact) mass is 416 g/mol. The second kappa shape index (κ2) is 7.72. The summed E-state index contributed by atoms with van der Waals surface area (Å²) in [6.07, 6.45) is -2.07. The van der Waals surface area contributed by atoms with Gasteiger partial charge in [0.25, 0.3) is 12.3 Å². The van der Waals surface area contributed by atoms with Gasteiger partial charge in [0.15, 0.2) is 17.1 Å². The molecule has 1 amide bonds. The molecule has 3 rings (SSSR count). The molecule has 6 nitrogen and oxygen atoms in total. The molecule has 0 saturated carbocycles. The predicted molar refractivity (Wildman–Crippen MR) is 93.7 cm³/mol. The van der Waals surface area contributed by atoms with E-state index in [0.29, 0.717) is 0 Å². The van der Waals surface area contributed by atoms with Crippen LogP contribution in [0.15, 0.2) is 35.5 Å². The van der Waals surface area contributed by atoms with Crippen LogP contribution in [0.2, 0.25) is 5.02 Å². The Morgan fingerprint density at radius 2 is 2.04 bits per heavy atom. The molecule has 0 spiro atoms. The normalized spacial score (nSPS) is 19.4. The number of ether oxygens (including phenoxy) is 1. The van der Waals surface area contributed by atoms with Crippen LogP contribution in [0, 0.1) is 11.6 Å². The molecule has 0 fully saturated rings. The van der Waals surface area contributed by atoms with Gasteiger partial charge in [0.1, 0.15) is 18.3 Å². The highest BCUT2D eigenvalue weighted by atomic mass is 35.5. The van der Waals surface area contributed by atoms with E-state index in [4.69, 9.17) is 22.1 Å². The maximum atomic E-state index is 14.4. The number of amidine groups is 1. The van der Waals surface area contributed by atoms with Crippen LogP contribution in [0.5, 0.6) is 0 Å². The van der Waals surface area contributed by atoms with Crippen molar-refractivity contribution in [3.63, 3.8) is 0 Å². The number of alkyl halides is 2. The highest BCUT2D eigenvalue weighted by molar-refractivity contribution is 6.30. The van der Waals surface area contributed by atoms with Gasteiger partial charge in [0.2, 0.25) is 0 Å². The first kappa shape index (κ1) is 20.0. The Bertz CT molecular complexity index is 957. The Balaban J connectivity index is 1.97. The summed E-state index contributed by atoms with van der Waals surface area (Å²) in [6, 6.07) is 3.86. The van der Waals surface area contributed by atoms with Crippen molar-refractivity contribution in [1.82, 2.24) is 4.98 Å². The molecule has 1 aromatic heterocycles. The quantitative estimate of drug-likeness (QED) is 0.749. The summed E-state index contributed by atoms with van der Waals surface area (Å²) in [6.45, 7) is -0.763. The second-order valence-corrected chi connectivity index (χ2v) is 6.39. The minimum Gasteiger partial charge on any atom is -0.385 e. The van der Waals surface area contributed by atoms with Gasteiger partial charge < -0.3 is 15.8 Å². The number of amides is 1. The van der Waals surface area contributed by atoms with E-state index in [1.165, 1.54) is 0 Å². The predicted octanol–water partition coefficient (Wildman–Crippen LogP) is 3.11. The van der Waals surface area contributed by atoms with Crippen molar-refractivity contribution in [3.05, 3.63) is 58.4 Å². The zero-order chi connectivity index (χ0) is 20.5. The van der Waals surface area contributed by atoms with Crippen LogP contribution < -0.4 is 11.1 Å². The fourth-order valence-corrected chi connectivity index (χ4v) is 2.85. The number of aromatic nitrogens is 1. The second-order valence-electron chi connectivity index (χ2n) is 5.95. The van der Waals surface area contributed by atoms with E-state index in [0.717, 1.165) is 30.5 Å². The molecule has 28 heavy (non-hydrogen) atoms. The number of aliphatic imine (C=N–C) groups is 1. The molecular formula is C17H13ClF4N4O2. The molecule has 148 valence electrons.